The quantitative estimate of drug-likeness (QED) is 0.621. The molecule has 0 saturated carbocycles. The molecule has 1 aromatic rings. The number of aliphatic hydroxyl groups excluding tert-OH is 2. The lowest BCUT2D eigenvalue weighted by Crippen LogP contribution is -3.00. The summed E-state index contributed by atoms with van der Waals surface area (Å²) in [6, 6.07) is 10.6. The SMILES string of the molecule is CC(O)CO.C[N+](C)(C)Cc1ccccc1.[F-]. The minimum absolute atomic E-state index is 0. The van der Waals surface area contributed by atoms with Crippen molar-refractivity contribution in [1.29, 1.82) is 0 Å². The van der Waals surface area contributed by atoms with E-state index in [9.17, 15) is 0 Å². The number of rotatable bonds is 3. The molecule has 100 valence electrons. The lowest BCUT2D eigenvalue weighted by molar-refractivity contribution is -0.884. The van der Waals surface area contributed by atoms with E-state index < -0.39 is 6.10 Å². The van der Waals surface area contributed by atoms with Gasteiger partial charge in [0.2, 0.25) is 0 Å². The summed E-state index contributed by atoms with van der Waals surface area (Å²) in [6.07, 6.45) is -0.560. The standard InChI is InChI=1S/C10H16N.C3H8O2.FH/c1-11(2,3)9-10-7-5-4-6-8-10;1-3(5)2-4;/h4-8H,9H2,1-3H3;3-5H,2H2,1H3;1H/q+1;;/p-1. The molecule has 0 radical (unpaired) electrons. The number of halogens is 1. The highest BCUT2D eigenvalue weighted by Crippen LogP contribution is 2.05. The molecule has 4 heteroatoms. The second-order valence-electron chi connectivity index (χ2n) is 4.97. The summed E-state index contributed by atoms with van der Waals surface area (Å²) in [5.41, 5.74) is 1.40. The first-order valence-corrected chi connectivity index (χ1v) is 5.48. The molecule has 0 aliphatic carbocycles. The molecule has 1 atom stereocenters. The minimum Gasteiger partial charge on any atom is -1.00 e. The molecule has 0 heterocycles. The van der Waals surface area contributed by atoms with Crippen LogP contribution >= 0.6 is 0 Å². The molecule has 0 aliphatic heterocycles. The predicted octanol–water partition coefficient (Wildman–Crippen LogP) is -1.74. The van der Waals surface area contributed by atoms with Crippen molar-refractivity contribution in [2.45, 2.75) is 19.6 Å². The lowest BCUT2D eigenvalue weighted by atomic mass is 10.2. The van der Waals surface area contributed by atoms with Gasteiger partial charge in [0.05, 0.1) is 33.9 Å². The molecule has 0 bridgehead atoms. The molecular weight excluding hydrogens is 221 g/mol. The van der Waals surface area contributed by atoms with Crippen molar-refractivity contribution in [3.8, 4) is 0 Å². The molecule has 2 N–H and O–H groups in total. The molecule has 0 spiro atoms. The number of hydrogen-bond donors (Lipinski definition) is 2. The summed E-state index contributed by atoms with van der Waals surface area (Å²) < 4.78 is 0.990. The Kier molecular flexibility index (Phi) is 9.85. The molecule has 3 nitrogen and oxygen atoms in total. The van der Waals surface area contributed by atoms with Crippen molar-refractivity contribution < 1.29 is 19.4 Å². The fraction of sp³-hybridized carbons (Fsp3) is 0.538. The molecule has 1 unspecified atom stereocenters. The fourth-order valence-electron chi connectivity index (χ4n) is 1.13. The number of quaternary nitrogens is 1. The van der Waals surface area contributed by atoms with Gasteiger partial charge >= 0.3 is 0 Å². The molecule has 0 aliphatic rings. The Balaban J connectivity index is 0. The molecule has 1 rings (SSSR count). The normalized spacial score (nSPS) is 11.9. The first-order chi connectivity index (χ1) is 7.35. The molecular formula is C13H24FNO2. The Morgan fingerprint density at radius 1 is 1.12 bits per heavy atom. The Morgan fingerprint density at radius 2 is 1.53 bits per heavy atom. The molecule has 17 heavy (non-hydrogen) atoms. The van der Waals surface area contributed by atoms with Crippen molar-refractivity contribution in [1.82, 2.24) is 0 Å². The monoisotopic (exact) mass is 245 g/mol. The van der Waals surface area contributed by atoms with Gasteiger partial charge in [0.1, 0.15) is 6.54 Å². The van der Waals surface area contributed by atoms with Gasteiger partial charge in [0.25, 0.3) is 0 Å². The van der Waals surface area contributed by atoms with Gasteiger partial charge in [-0.3, -0.25) is 0 Å². The predicted molar refractivity (Wildman–Crippen MR) is 66.9 cm³/mol. The van der Waals surface area contributed by atoms with Gasteiger partial charge in [0, 0.05) is 5.56 Å². The van der Waals surface area contributed by atoms with E-state index in [0.717, 1.165) is 11.0 Å². The summed E-state index contributed by atoms with van der Waals surface area (Å²) in [4.78, 5) is 0. The average molecular weight is 245 g/mol. The van der Waals surface area contributed by atoms with Crippen LogP contribution in [0.25, 0.3) is 0 Å². The van der Waals surface area contributed by atoms with Crippen LogP contribution in [-0.4, -0.2) is 48.5 Å². The Hall–Kier alpha value is -0.970. The highest BCUT2D eigenvalue weighted by atomic mass is 19.0. The van der Waals surface area contributed by atoms with E-state index in [1.807, 2.05) is 0 Å². The van der Waals surface area contributed by atoms with Crippen LogP contribution in [0.5, 0.6) is 0 Å². The maximum atomic E-state index is 8.11. The van der Waals surface area contributed by atoms with Gasteiger partial charge in [-0.15, -0.1) is 0 Å². The molecule has 0 saturated heterocycles. The molecule has 1 aromatic carbocycles. The molecule has 0 amide bonds. The van der Waals surface area contributed by atoms with E-state index in [-0.39, 0.29) is 11.3 Å². The second kappa shape index (κ2) is 9.10. The van der Waals surface area contributed by atoms with E-state index in [4.69, 9.17) is 10.2 Å². The van der Waals surface area contributed by atoms with E-state index in [1.54, 1.807) is 0 Å². The van der Waals surface area contributed by atoms with Crippen LogP contribution in [-0.2, 0) is 6.54 Å². The summed E-state index contributed by atoms with van der Waals surface area (Å²) in [5.74, 6) is 0. The van der Waals surface area contributed by atoms with Crippen molar-refractivity contribution in [3.63, 3.8) is 0 Å². The minimum atomic E-state index is -0.560. The van der Waals surface area contributed by atoms with Crippen LogP contribution in [0, 0.1) is 0 Å². The van der Waals surface area contributed by atoms with Crippen LogP contribution in [0.3, 0.4) is 0 Å². The van der Waals surface area contributed by atoms with Gasteiger partial charge in [-0.05, 0) is 6.92 Å². The highest BCUT2D eigenvalue weighted by Gasteiger charge is 2.06. The van der Waals surface area contributed by atoms with Gasteiger partial charge < -0.3 is 19.4 Å². The van der Waals surface area contributed by atoms with Gasteiger partial charge in [-0.25, -0.2) is 0 Å². The van der Waals surface area contributed by atoms with Crippen molar-refractivity contribution >= 4 is 0 Å². The van der Waals surface area contributed by atoms with Crippen LogP contribution in [0.15, 0.2) is 30.3 Å². The third-order valence-corrected chi connectivity index (χ3v) is 1.76. The fourth-order valence-corrected chi connectivity index (χ4v) is 1.13. The van der Waals surface area contributed by atoms with E-state index in [2.05, 4.69) is 51.5 Å². The highest BCUT2D eigenvalue weighted by molar-refractivity contribution is 5.13. The average Bonchev–Trinajstić information content (AvgIpc) is 2.17. The van der Waals surface area contributed by atoms with Crippen LogP contribution in [0.4, 0.5) is 0 Å². The van der Waals surface area contributed by atoms with Crippen LogP contribution in [0.2, 0.25) is 0 Å². The molecule has 0 aromatic heterocycles. The third kappa shape index (κ3) is 13.0. The number of benzene rings is 1. The van der Waals surface area contributed by atoms with E-state index in [1.165, 1.54) is 12.5 Å². The van der Waals surface area contributed by atoms with Crippen molar-refractivity contribution in [2.75, 3.05) is 27.7 Å². The Labute approximate surface area is 103 Å². The van der Waals surface area contributed by atoms with Crippen molar-refractivity contribution in [2.24, 2.45) is 0 Å². The summed E-state index contributed by atoms with van der Waals surface area (Å²) in [6.45, 7) is 2.49. The smallest absolute Gasteiger partial charge is 0.104 e. The topological polar surface area (TPSA) is 40.5 Å². The summed E-state index contributed by atoms with van der Waals surface area (Å²) in [7, 11) is 6.60. The van der Waals surface area contributed by atoms with Gasteiger partial charge in [-0.1, -0.05) is 30.3 Å². The largest absolute Gasteiger partial charge is 1.00 e. The zero-order valence-corrected chi connectivity index (χ0v) is 11.1. The zero-order chi connectivity index (χ0) is 12.6. The second-order valence-corrected chi connectivity index (χ2v) is 4.97. The van der Waals surface area contributed by atoms with E-state index in [0.29, 0.717) is 0 Å². The number of hydrogen-bond acceptors (Lipinski definition) is 2. The maximum absolute atomic E-state index is 8.11. The zero-order valence-electron chi connectivity index (χ0n) is 11.1. The molecule has 0 fully saturated rings. The lowest BCUT2D eigenvalue weighted by Gasteiger charge is -2.23. The first-order valence-electron chi connectivity index (χ1n) is 5.48. The first kappa shape index (κ1) is 18.4. The maximum Gasteiger partial charge on any atom is 0.104 e. The van der Waals surface area contributed by atoms with Crippen molar-refractivity contribution in [3.05, 3.63) is 35.9 Å². The van der Waals surface area contributed by atoms with Gasteiger partial charge in [-0.2, -0.15) is 0 Å². The van der Waals surface area contributed by atoms with Crippen LogP contribution < -0.4 is 4.70 Å². The summed E-state index contributed by atoms with van der Waals surface area (Å²) in [5, 5.41) is 16.0. The third-order valence-electron chi connectivity index (χ3n) is 1.76. The van der Waals surface area contributed by atoms with E-state index >= 15 is 0 Å². The number of aliphatic hydroxyl groups is 2. The van der Waals surface area contributed by atoms with Gasteiger partial charge in [0.15, 0.2) is 0 Å². The Morgan fingerprint density at radius 3 is 1.82 bits per heavy atom. The Bertz CT molecular complexity index is 270. The number of nitrogens with zero attached hydrogens (tertiary/aromatic N) is 1. The summed E-state index contributed by atoms with van der Waals surface area (Å²) >= 11 is 0. The van der Waals surface area contributed by atoms with Crippen LogP contribution in [0.1, 0.15) is 12.5 Å².